The minimum Gasteiger partial charge on any atom is -0.330 e. The standard InChI is InChI=1S/C13H24ClN3/c1-5-7-13(4,9-15)8-11-12(14)10(3)16-17(11)6-2/h5-9,15H2,1-4H3. The zero-order valence-electron chi connectivity index (χ0n) is 11.4. The van der Waals surface area contributed by atoms with E-state index in [1.54, 1.807) is 0 Å². The maximum atomic E-state index is 6.33. The van der Waals surface area contributed by atoms with Gasteiger partial charge in [0.2, 0.25) is 0 Å². The lowest BCUT2D eigenvalue weighted by molar-refractivity contribution is 0.294. The molecule has 0 aromatic carbocycles. The fourth-order valence-electron chi connectivity index (χ4n) is 2.31. The summed E-state index contributed by atoms with van der Waals surface area (Å²) in [5.41, 5.74) is 8.09. The number of nitrogens with zero attached hydrogens (tertiary/aromatic N) is 2. The Balaban J connectivity index is 3.00. The van der Waals surface area contributed by atoms with Gasteiger partial charge in [0.25, 0.3) is 0 Å². The maximum absolute atomic E-state index is 6.33. The molecule has 98 valence electrons. The lowest BCUT2D eigenvalue weighted by Crippen LogP contribution is -2.30. The molecule has 4 heteroatoms. The molecule has 1 heterocycles. The zero-order chi connectivity index (χ0) is 13.1. The number of nitrogens with two attached hydrogens (primary N) is 1. The summed E-state index contributed by atoms with van der Waals surface area (Å²) >= 11 is 6.33. The van der Waals surface area contributed by atoms with Crippen molar-refractivity contribution in [2.75, 3.05) is 6.54 Å². The molecule has 0 saturated carbocycles. The monoisotopic (exact) mass is 257 g/mol. The van der Waals surface area contributed by atoms with Gasteiger partial charge in [-0.1, -0.05) is 31.9 Å². The summed E-state index contributed by atoms with van der Waals surface area (Å²) in [7, 11) is 0. The summed E-state index contributed by atoms with van der Waals surface area (Å²) in [6.07, 6.45) is 3.17. The minimum atomic E-state index is 0.123. The normalized spacial score (nSPS) is 14.9. The largest absolute Gasteiger partial charge is 0.330 e. The van der Waals surface area contributed by atoms with Crippen molar-refractivity contribution < 1.29 is 0 Å². The van der Waals surface area contributed by atoms with Crippen LogP contribution in [0.25, 0.3) is 0 Å². The molecule has 3 nitrogen and oxygen atoms in total. The van der Waals surface area contributed by atoms with Crippen LogP contribution in [0.1, 0.15) is 45.0 Å². The summed E-state index contributed by atoms with van der Waals surface area (Å²) in [5, 5.41) is 5.26. The maximum Gasteiger partial charge on any atom is 0.0847 e. The molecule has 0 radical (unpaired) electrons. The van der Waals surface area contributed by atoms with Crippen LogP contribution in [0.2, 0.25) is 5.02 Å². The van der Waals surface area contributed by atoms with Gasteiger partial charge in [-0.2, -0.15) is 5.10 Å². The van der Waals surface area contributed by atoms with Crippen LogP contribution < -0.4 is 5.73 Å². The molecule has 1 aromatic rings. The van der Waals surface area contributed by atoms with Crippen molar-refractivity contribution in [1.29, 1.82) is 0 Å². The van der Waals surface area contributed by atoms with Crippen LogP contribution in [-0.2, 0) is 13.0 Å². The van der Waals surface area contributed by atoms with Crippen molar-refractivity contribution in [2.24, 2.45) is 11.1 Å². The van der Waals surface area contributed by atoms with E-state index in [-0.39, 0.29) is 5.41 Å². The van der Waals surface area contributed by atoms with Crippen LogP contribution in [0, 0.1) is 12.3 Å². The first-order chi connectivity index (χ1) is 7.97. The number of hydrogen-bond donors (Lipinski definition) is 1. The SMILES string of the molecule is CCCC(C)(CN)Cc1c(Cl)c(C)nn1CC. The average Bonchev–Trinajstić information content (AvgIpc) is 2.57. The highest BCUT2D eigenvalue weighted by Crippen LogP contribution is 2.31. The number of hydrogen-bond acceptors (Lipinski definition) is 2. The summed E-state index contributed by atoms with van der Waals surface area (Å²) in [6.45, 7) is 10.0. The molecule has 0 aliphatic carbocycles. The Morgan fingerprint density at radius 1 is 1.41 bits per heavy atom. The topological polar surface area (TPSA) is 43.8 Å². The Morgan fingerprint density at radius 2 is 2.06 bits per heavy atom. The molecule has 1 atom stereocenters. The summed E-state index contributed by atoms with van der Waals surface area (Å²) in [6, 6.07) is 0. The van der Waals surface area contributed by atoms with Gasteiger partial charge < -0.3 is 5.73 Å². The molecular formula is C13H24ClN3. The van der Waals surface area contributed by atoms with Crippen LogP contribution in [0.3, 0.4) is 0 Å². The third kappa shape index (κ3) is 3.23. The van der Waals surface area contributed by atoms with E-state index in [4.69, 9.17) is 17.3 Å². The molecule has 2 N–H and O–H groups in total. The fraction of sp³-hybridized carbons (Fsp3) is 0.769. The van der Waals surface area contributed by atoms with Crippen LogP contribution in [-0.4, -0.2) is 16.3 Å². The molecule has 0 saturated heterocycles. The summed E-state index contributed by atoms with van der Waals surface area (Å²) < 4.78 is 2.00. The van der Waals surface area contributed by atoms with Crippen LogP contribution in [0.5, 0.6) is 0 Å². The van der Waals surface area contributed by atoms with E-state index in [1.807, 2.05) is 11.6 Å². The van der Waals surface area contributed by atoms with Crippen molar-refractivity contribution in [3.8, 4) is 0 Å². The molecule has 0 fully saturated rings. The lowest BCUT2D eigenvalue weighted by atomic mass is 9.81. The van der Waals surface area contributed by atoms with Crippen molar-refractivity contribution in [3.05, 3.63) is 16.4 Å². The van der Waals surface area contributed by atoms with E-state index >= 15 is 0 Å². The van der Waals surface area contributed by atoms with Crippen LogP contribution in [0.15, 0.2) is 0 Å². The lowest BCUT2D eigenvalue weighted by Gasteiger charge is -2.28. The minimum absolute atomic E-state index is 0.123. The van der Waals surface area contributed by atoms with Gasteiger partial charge in [0.15, 0.2) is 0 Å². The smallest absolute Gasteiger partial charge is 0.0847 e. The fourth-order valence-corrected chi connectivity index (χ4v) is 2.51. The second-order valence-corrected chi connectivity index (χ2v) is 5.48. The average molecular weight is 258 g/mol. The zero-order valence-corrected chi connectivity index (χ0v) is 12.1. The molecule has 0 amide bonds. The van der Waals surface area contributed by atoms with Gasteiger partial charge >= 0.3 is 0 Å². The van der Waals surface area contributed by atoms with Gasteiger partial charge in [0.05, 0.1) is 16.4 Å². The quantitative estimate of drug-likeness (QED) is 0.851. The molecule has 0 spiro atoms. The molecule has 0 bridgehead atoms. The van der Waals surface area contributed by atoms with Gasteiger partial charge in [-0.3, -0.25) is 4.68 Å². The second-order valence-electron chi connectivity index (χ2n) is 5.10. The van der Waals surface area contributed by atoms with Crippen molar-refractivity contribution >= 4 is 11.6 Å². The van der Waals surface area contributed by atoms with Crippen LogP contribution in [0.4, 0.5) is 0 Å². The molecule has 1 unspecified atom stereocenters. The Kier molecular flexibility index (Phi) is 5.02. The third-order valence-electron chi connectivity index (χ3n) is 3.39. The predicted molar refractivity (Wildman–Crippen MR) is 73.4 cm³/mol. The first-order valence-electron chi connectivity index (χ1n) is 6.39. The van der Waals surface area contributed by atoms with E-state index in [1.165, 1.54) is 0 Å². The predicted octanol–water partition coefficient (Wildman–Crippen LogP) is 3.17. The molecule has 0 aliphatic heterocycles. The highest BCUT2D eigenvalue weighted by molar-refractivity contribution is 6.31. The van der Waals surface area contributed by atoms with Gasteiger partial charge in [0.1, 0.15) is 0 Å². The van der Waals surface area contributed by atoms with Crippen molar-refractivity contribution in [2.45, 2.75) is 53.5 Å². The summed E-state index contributed by atoms with van der Waals surface area (Å²) in [4.78, 5) is 0. The number of aromatic nitrogens is 2. The summed E-state index contributed by atoms with van der Waals surface area (Å²) in [5.74, 6) is 0. The van der Waals surface area contributed by atoms with Gasteiger partial charge in [0, 0.05) is 6.54 Å². The first kappa shape index (κ1) is 14.5. The molecule has 1 aromatic heterocycles. The number of aryl methyl sites for hydroxylation is 2. The van der Waals surface area contributed by atoms with Crippen molar-refractivity contribution in [1.82, 2.24) is 9.78 Å². The van der Waals surface area contributed by atoms with E-state index in [0.717, 1.165) is 42.2 Å². The van der Waals surface area contributed by atoms with Gasteiger partial charge in [-0.15, -0.1) is 0 Å². The van der Waals surface area contributed by atoms with Crippen molar-refractivity contribution in [3.63, 3.8) is 0 Å². The van der Waals surface area contributed by atoms with Gasteiger partial charge in [-0.25, -0.2) is 0 Å². The molecule has 17 heavy (non-hydrogen) atoms. The molecule has 1 rings (SSSR count). The van der Waals surface area contributed by atoms with E-state index in [2.05, 4.69) is 25.9 Å². The number of rotatable bonds is 6. The molecule has 0 aliphatic rings. The van der Waals surface area contributed by atoms with E-state index in [0.29, 0.717) is 6.54 Å². The Bertz CT molecular complexity index is 373. The first-order valence-corrected chi connectivity index (χ1v) is 6.77. The second kappa shape index (κ2) is 5.87. The number of halogens is 1. The van der Waals surface area contributed by atoms with Crippen LogP contribution >= 0.6 is 11.6 Å². The third-order valence-corrected chi connectivity index (χ3v) is 3.89. The Labute approximate surface area is 109 Å². The van der Waals surface area contributed by atoms with E-state index in [9.17, 15) is 0 Å². The molecular weight excluding hydrogens is 234 g/mol. The Morgan fingerprint density at radius 3 is 2.53 bits per heavy atom. The Hall–Kier alpha value is -0.540. The highest BCUT2D eigenvalue weighted by atomic mass is 35.5. The highest BCUT2D eigenvalue weighted by Gasteiger charge is 2.26. The van der Waals surface area contributed by atoms with E-state index < -0.39 is 0 Å². The van der Waals surface area contributed by atoms with Gasteiger partial charge in [-0.05, 0) is 38.6 Å².